The minimum atomic E-state index is -0.646. The second kappa shape index (κ2) is 5.07. The van der Waals surface area contributed by atoms with Crippen LogP contribution in [0.15, 0.2) is 0 Å². The fourth-order valence-electron chi connectivity index (χ4n) is 0.277. The number of aliphatic hydroxyl groups is 1. The Morgan fingerprint density at radius 3 is 2.56 bits per heavy atom. The molecule has 0 heterocycles. The Hall–Kier alpha value is 0.250. The Bertz CT molecular complexity index is 95.1. The summed E-state index contributed by atoms with van der Waals surface area (Å²) >= 11 is 0. The summed E-state index contributed by atoms with van der Waals surface area (Å²) in [5.41, 5.74) is 0. The first-order valence-corrected chi connectivity index (χ1v) is 3.28. The Morgan fingerprint density at radius 1 is 1.89 bits per heavy atom. The molecule has 0 spiro atoms. The Labute approximate surface area is 57.9 Å². The maximum Gasteiger partial charge on any atom is 0.327 e. The van der Waals surface area contributed by atoms with Crippen LogP contribution < -0.4 is 5.09 Å². The summed E-state index contributed by atoms with van der Waals surface area (Å²) in [4.78, 5) is 10.5. The summed E-state index contributed by atoms with van der Waals surface area (Å²) in [7, 11) is 3.93. The molecule has 6 heteroatoms. The fourth-order valence-corrected chi connectivity index (χ4v) is 0.683. The van der Waals surface area contributed by atoms with Gasteiger partial charge in [-0.05, 0) is 0 Å². The van der Waals surface area contributed by atoms with Gasteiger partial charge in [-0.15, -0.1) is 0 Å². The van der Waals surface area contributed by atoms with E-state index in [0.29, 0.717) is 0 Å². The number of nitrogens with one attached hydrogen (secondary N) is 1. The summed E-state index contributed by atoms with van der Waals surface area (Å²) in [6, 6.07) is -0.646. The van der Waals surface area contributed by atoms with Gasteiger partial charge in [-0.2, -0.15) is 0 Å². The molecule has 0 aromatic heterocycles. The number of aliphatic hydroxyl groups excluding tert-OH is 1. The first kappa shape index (κ1) is 9.25. The van der Waals surface area contributed by atoms with E-state index in [9.17, 15) is 4.79 Å². The zero-order valence-electron chi connectivity index (χ0n) is 4.70. The van der Waals surface area contributed by atoms with Gasteiger partial charge in [0.2, 0.25) is 0 Å². The third kappa shape index (κ3) is 3.07. The summed E-state index contributed by atoms with van der Waals surface area (Å²) in [5.74, 6) is -0.502. The van der Waals surface area contributed by atoms with Crippen LogP contribution >= 0.6 is 18.9 Å². The van der Waals surface area contributed by atoms with E-state index in [1.54, 1.807) is 0 Å². The summed E-state index contributed by atoms with van der Waals surface area (Å²) < 4.78 is 4.24. The van der Waals surface area contributed by atoms with Gasteiger partial charge in [-0.25, -0.2) is 0 Å². The van der Waals surface area contributed by atoms with Crippen LogP contribution in [0.2, 0.25) is 0 Å². The van der Waals surface area contributed by atoms with Crippen molar-refractivity contribution in [2.45, 2.75) is 6.04 Å². The third-order valence-corrected chi connectivity index (χ3v) is 1.42. The monoisotopic (exact) mass is 169 g/mol. The maximum atomic E-state index is 10.5. The van der Waals surface area contributed by atoms with Gasteiger partial charge in [0.1, 0.15) is 6.04 Å². The van der Waals surface area contributed by atoms with E-state index < -0.39 is 12.0 Å². The minimum absolute atomic E-state index is 0.267. The predicted molar refractivity (Wildman–Crippen MR) is 39.5 cm³/mol. The standard InChI is InChI=1S/C3H9NO3P2/c5-1-2(4-8)3(6)7-9/h2,4-5H,1,8-9H2. The molecule has 0 aliphatic heterocycles. The van der Waals surface area contributed by atoms with Crippen LogP contribution in [0.25, 0.3) is 0 Å². The highest BCUT2D eigenvalue weighted by molar-refractivity contribution is 7.14. The molecule has 0 radical (unpaired) electrons. The smallest absolute Gasteiger partial charge is 0.327 e. The van der Waals surface area contributed by atoms with Crippen LogP contribution in [0, 0.1) is 0 Å². The van der Waals surface area contributed by atoms with Crippen molar-refractivity contribution in [1.82, 2.24) is 5.09 Å². The van der Waals surface area contributed by atoms with E-state index in [0.717, 1.165) is 0 Å². The molecule has 0 saturated carbocycles. The van der Waals surface area contributed by atoms with Crippen LogP contribution in [0.5, 0.6) is 0 Å². The zero-order chi connectivity index (χ0) is 7.28. The summed E-state index contributed by atoms with van der Waals surface area (Å²) in [6.07, 6.45) is 0. The first-order valence-electron chi connectivity index (χ1n) is 2.23. The highest BCUT2D eigenvalue weighted by Crippen LogP contribution is 1.94. The second-order valence-electron chi connectivity index (χ2n) is 1.34. The van der Waals surface area contributed by atoms with Gasteiger partial charge in [-0.3, -0.25) is 9.88 Å². The average Bonchev–Trinajstić information content (AvgIpc) is 1.90. The molecule has 3 atom stereocenters. The van der Waals surface area contributed by atoms with Crippen LogP contribution in [0.4, 0.5) is 0 Å². The van der Waals surface area contributed by atoms with Crippen molar-refractivity contribution in [2.75, 3.05) is 6.61 Å². The van der Waals surface area contributed by atoms with Gasteiger partial charge < -0.3 is 9.63 Å². The molecule has 0 aliphatic rings. The summed E-state index contributed by atoms with van der Waals surface area (Å²) in [6.45, 7) is -0.267. The van der Waals surface area contributed by atoms with E-state index >= 15 is 0 Å². The second-order valence-corrected chi connectivity index (χ2v) is 1.91. The molecule has 0 aromatic carbocycles. The molecular formula is C3H9NO3P2. The maximum absolute atomic E-state index is 10.5. The molecule has 0 fully saturated rings. The molecule has 54 valence electrons. The van der Waals surface area contributed by atoms with Crippen molar-refractivity contribution >= 4 is 24.8 Å². The van der Waals surface area contributed by atoms with Crippen molar-refractivity contribution in [3.63, 3.8) is 0 Å². The van der Waals surface area contributed by atoms with Gasteiger partial charge in [-0.1, -0.05) is 9.39 Å². The number of rotatable bonds is 3. The molecule has 2 N–H and O–H groups in total. The Balaban J connectivity index is 3.64. The lowest BCUT2D eigenvalue weighted by Crippen LogP contribution is -2.33. The molecule has 0 rings (SSSR count). The Morgan fingerprint density at radius 2 is 2.44 bits per heavy atom. The van der Waals surface area contributed by atoms with Gasteiger partial charge in [0, 0.05) is 0 Å². The van der Waals surface area contributed by atoms with Gasteiger partial charge in [0.25, 0.3) is 0 Å². The number of hydrogen-bond acceptors (Lipinski definition) is 4. The van der Waals surface area contributed by atoms with Gasteiger partial charge in [0.15, 0.2) is 0 Å². The normalized spacial score (nSPS) is 12.8. The molecule has 9 heavy (non-hydrogen) atoms. The molecule has 0 saturated heterocycles. The van der Waals surface area contributed by atoms with Crippen LogP contribution in [0.3, 0.4) is 0 Å². The third-order valence-electron chi connectivity index (χ3n) is 0.784. The minimum Gasteiger partial charge on any atom is -0.450 e. The van der Waals surface area contributed by atoms with E-state index in [4.69, 9.17) is 5.11 Å². The average molecular weight is 169 g/mol. The van der Waals surface area contributed by atoms with Crippen molar-refractivity contribution < 1.29 is 14.4 Å². The lowest BCUT2D eigenvalue weighted by Gasteiger charge is -2.08. The lowest BCUT2D eigenvalue weighted by atomic mass is 10.3. The van der Waals surface area contributed by atoms with Gasteiger partial charge >= 0.3 is 5.97 Å². The molecule has 4 nitrogen and oxygen atoms in total. The highest BCUT2D eigenvalue weighted by atomic mass is 31.0. The molecular weight excluding hydrogens is 160 g/mol. The van der Waals surface area contributed by atoms with Crippen molar-refractivity contribution in [2.24, 2.45) is 0 Å². The molecule has 0 aromatic rings. The largest absolute Gasteiger partial charge is 0.450 e. The number of carbonyl (C=O) groups is 1. The number of hydrogen-bond donors (Lipinski definition) is 2. The van der Waals surface area contributed by atoms with E-state index in [1.807, 2.05) is 9.47 Å². The molecule has 0 bridgehead atoms. The van der Waals surface area contributed by atoms with Crippen LogP contribution in [-0.2, 0) is 9.32 Å². The SMILES string of the molecule is O=C(OP)C(CO)NP. The Kier molecular flexibility index (Phi) is 5.21. The number of carbonyl (C=O) groups excluding carboxylic acids is 1. The highest BCUT2D eigenvalue weighted by Gasteiger charge is 2.14. The molecule has 3 unspecified atom stereocenters. The fraction of sp³-hybridized carbons (Fsp3) is 0.667. The summed E-state index contributed by atoms with van der Waals surface area (Å²) in [5, 5.41) is 10.9. The molecule has 0 aliphatic carbocycles. The van der Waals surface area contributed by atoms with Crippen LogP contribution in [0.1, 0.15) is 0 Å². The molecule has 0 amide bonds. The quantitative estimate of drug-likeness (QED) is 0.535. The van der Waals surface area contributed by atoms with E-state index in [2.05, 4.69) is 19.0 Å². The van der Waals surface area contributed by atoms with Crippen molar-refractivity contribution in [3.8, 4) is 0 Å². The van der Waals surface area contributed by atoms with Crippen molar-refractivity contribution in [1.29, 1.82) is 0 Å². The topological polar surface area (TPSA) is 58.6 Å². The first-order chi connectivity index (χ1) is 4.26. The van der Waals surface area contributed by atoms with Crippen LogP contribution in [-0.4, -0.2) is 23.7 Å². The van der Waals surface area contributed by atoms with Crippen molar-refractivity contribution in [3.05, 3.63) is 0 Å². The van der Waals surface area contributed by atoms with E-state index in [1.165, 1.54) is 0 Å². The lowest BCUT2D eigenvalue weighted by molar-refractivity contribution is -0.135. The zero-order valence-corrected chi connectivity index (χ0v) is 7.01. The predicted octanol–water partition coefficient (Wildman–Crippen LogP) is -0.940. The van der Waals surface area contributed by atoms with E-state index in [-0.39, 0.29) is 6.61 Å². The van der Waals surface area contributed by atoms with Gasteiger partial charge in [0.05, 0.1) is 16.1 Å².